The Labute approximate surface area is 74.2 Å². The van der Waals surface area contributed by atoms with Crippen molar-refractivity contribution in [2.45, 2.75) is 57.3 Å². The first kappa shape index (κ1) is 8.52. The van der Waals surface area contributed by atoms with Gasteiger partial charge in [-0.15, -0.1) is 0 Å². The highest BCUT2D eigenvalue weighted by Crippen LogP contribution is 2.24. The van der Waals surface area contributed by atoms with E-state index in [0.717, 1.165) is 13.0 Å². The third-order valence-electron chi connectivity index (χ3n) is 2.78. The molecular weight excluding hydrogens is 152 g/mol. The highest BCUT2D eigenvalue weighted by atomic mass is 16.7. The predicted molar refractivity (Wildman–Crippen MR) is 46.9 cm³/mol. The lowest BCUT2D eigenvalue weighted by Crippen LogP contribution is -2.23. The summed E-state index contributed by atoms with van der Waals surface area (Å²) in [7, 11) is 0. The Morgan fingerprint density at radius 2 is 1.75 bits per heavy atom. The number of ether oxygens (including phenoxy) is 2. The maximum Gasteiger partial charge on any atom is 0.158 e. The van der Waals surface area contributed by atoms with E-state index in [-0.39, 0.29) is 6.29 Å². The SMILES string of the molecule is C1CCC(O[C@@H]2CCCO2)CC1. The molecule has 2 nitrogen and oxygen atoms in total. The Hall–Kier alpha value is -0.0800. The van der Waals surface area contributed by atoms with Crippen LogP contribution >= 0.6 is 0 Å². The summed E-state index contributed by atoms with van der Waals surface area (Å²) in [5.74, 6) is 0. The van der Waals surface area contributed by atoms with Crippen LogP contribution in [0.5, 0.6) is 0 Å². The van der Waals surface area contributed by atoms with Gasteiger partial charge < -0.3 is 9.47 Å². The molecule has 2 heteroatoms. The van der Waals surface area contributed by atoms with Crippen LogP contribution in [0.3, 0.4) is 0 Å². The van der Waals surface area contributed by atoms with Gasteiger partial charge in [-0.3, -0.25) is 0 Å². The molecule has 0 N–H and O–H groups in total. The summed E-state index contributed by atoms with van der Waals surface area (Å²) in [6, 6.07) is 0. The van der Waals surface area contributed by atoms with E-state index in [4.69, 9.17) is 9.47 Å². The maximum absolute atomic E-state index is 5.83. The minimum absolute atomic E-state index is 0.132. The molecule has 1 aliphatic heterocycles. The molecule has 0 spiro atoms. The van der Waals surface area contributed by atoms with Crippen molar-refractivity contribution >= 4 is 0 Å². The minimum Gasteiger partial charge on any atom is -0.353 e. The van der Waals surface area contributed by atoms with Crippen molar-refractivity contribution in [3.63, 3.8) is 0 Å². The Morgan fingerprint density at radius 3 is 2.42 bits per heavy atom. The predicted octanol–water partition coefficient (Wildman–Crippen LogP) is 2.47. The first-order valence-corrected chi connectivity index (χ1v) is 5.22. The summed E-state index contributed by atoms with van der Waals surface area (Å²) < 4.78 is 11.3. The van der Waals surface area contributed by atoms with E-state index in [2.05, 4.69) is 0 Å². The van der Waals surface area contributed by atoms with Gasteiger partial charge in [-0.05, 0) is 19.3 Å². The molecule has 2 rings (SSSR count). The number of hydrogen-bond donors (Lipinski definition) is 0. The van der Waals surface area contributed by atoms with Crippen LogP contribution < -0.4 is 0 Å². The van der Waals surface area contributed by atoms with E-state index in [1.807, 2.05) is 0 Å². The van der Waals surface area contributed by atoms with E-state index in [9.17, 15) is 0 Å². The second-order valence-corrected chi connectivity index (χ2v) is 3.84. The minimum atomic E-state index is 0.132. The normalized spacial score (nSPS) is 32.5. The third kappa shape index (κ3) is 2.20. The Bertz CT molecular complexity index is 124. The first-order chi connectivity index (χ1) is 5.95. The molecule has 2 fully saturated rings. The molecule has 12 heavy (non-hydrogen) atoms. The van der Waals surface area contributed by atoms with Gasteiger partial charge in [0.15, 0.2) is 6.29 Å². The summed E-state index contributed by atoms with van der Waals surface area (Å²) in [5.41, 5.74) is 0. The summed E-state index contributed by atoms with van der Waals surface area (Å²) in [5, 5.41) is 0. The van der Waals surface area contributed by atoms with Gasteiger partial charge in [0.2, 0.25) is 0 Å². The van der Waals surface area contributed by atoms with Crippen molar-refractivity contribution in [1.82, 2.24) is 0 Å². The van der Waals surface area contributed by atoms with Gasteiger partial charge in [0.05, 0.1) is 6.10 Å². The fourth-order valence-electron chi connectivity index (χ4n) is 2.07. The fraction of sp³-hybridized carbons (Fsp3) is 1.00. The van der Waals surface area contributed by atoms with Gasteiger partial charge >= 0.3 is 0 Å². The molecule has 1 saturated heterocycles. The van der Waals surface area contributed by atoms with Gasteiger partial charge in [-0.1, -0.05) is 19.3 Å². The molecule has 0 amide bonds. The second kappa shape index (κ2) is 4.24. The van der Waals surface area contributed by atoms with Crippen LogP contribution in [-0.2, 0) is 9.47 Å². The number of hydrogen-bond acceptors (Lipinski definition) is 2. The molecule has 0 aromatic rings. The lowest BCUT2D eigenvalue weighted by molar-refractivity contribution is -0.150. The van der Waals surface area contributed by atoms with Crippen molar-refractivity contribution in [2.75, 3.05) is 6.61 Å². The van der Waals surface area contributed by atoms with Crippen molar-refractivity contribution in [3.8, 4) is 0 Å². The first-order valence-electron chi connectivity index (χ1n) is 5.22. The molecule has 0 aromatic carbocycles. The van der Waals surface area contributed by atoms with Crippen LogP contribution in [-0.4, -0.2) is 19.0 Å². The molecule has 70 valence electrons. The average molecular weight is 170 g/mol. The van der Waals surface area contributed by atoms with E-state index in [1.54, 1.807) is 0 Å². The van der Waals surface area contributed by atoms with Crippen LogP contribution in [0.4, 0.5) is 0 Å². The standard InChI is InChI=1S/C10H18O2/c1-2-5-9(6-3-1)12-10-7-4-8-11-10/h9-10H,1-8H2/t10-/m1/s1. The lowest BCUT2D eigenvalue weighted by Gasteiger charge is -2.24. The van der Waals surface area contributed by atoms with Gasteiger partial charge in [-0.2, -0.15) is 0 Å². The smallest absolute Gasteiger partial charge is 0.158 e. The zero-order valence-electron chi connectivity index (χ0n) is 7.63. The summed E-state index contributed by atoms with van der Waals surface area (Å²) in [6.45, 7) is 0.900. The molecule has 0 unspecified atom stereocenters. The lowest BCUT2D eigenvalue weighted by atomic mass is 9.98. The van der Waals surface area contributed by atoms with E-state index >= 15 is 0 Å². The molecule has 0 bridgehead atoms. The van der Waals surface area contributed by atoms with Gasteiger partial charge in [0, 0.05) is 13.0 Å². The Balaban J connectivity index is 1.69. The van der Waals surface area contributed by atoms with Crippen molar-refractivity contribution < 1.29 is 9.47 Å². The van der Waals surface area contributed by atoms with Crippen LogP contribution in [0.2, 0.25) is 0 Å². The second-order valence-electron chi connectivity index (χ2n) is 3.84. The fourth-order valence-corrected chi connectivity index (χ4v) is 2.07. The van der Waals surface area contributed by atoms with Gasteiger partial charge in [-0.25, -0.2) is 0 Å². The Morgan fingerprint density at radius 1 is 0.917 bits per heavy atom. The van der Waals surface area contributed by atoms with E-state index < -0.39 is 0 Å². The quantitative estimate of drug-likeness (QED) is 0.634. The van der Waals surface area contributed by atoms with Crippen LogP contribution in [0.1, 0.15) is 44.9 Å². The molecule has 1 aliphatic carbocycles. The topological polar surface area (TPSA) is 18.5 Å². The summed E-state index contributed by atoms with van der Waals surface area (Å²) in [4.78, 5) is 0. The highest BCUT2D eigenvalue weighted by Gasteiger charge is 2.22. The average Bonchev–Trinajstić information content (AvgIpc) is 2.59. The highest BCUT2D eigenvalue weighted by molar-refractivity contribution is 4.67. The maximum atomic E-state index is 5.83. The van der Waals surface area contributed by atoms with Crippen molar-refractivity contribution in [2.24, 2.45) is 0 Å². The molecular formula is C10H18O2. The van der Waals surface area contributed by atoms with E-state index in [0.29, 0.717) is 6.10 Å². The molecule has 2 aliphatic rings. The Kier molecular flexibility index (Phi) is 3.01. The van der Waals surface area contributed by atoms with Gasteiger partial charge in [0.25, 0.3) is 0 Å². The molecule has 1 heterocycles. The molecule has 1 atom stereocenters. The number of rotatable bonds is 2. The zero-order valence-corrected chi connectivity index (χ0v) is 7.63. The molecule has 1 saturated carbocycles. The third-order valence-corrected chi connectivity index (χ3v) is 2.78. The van der Waals surface area contributed by atoms with Crippen LogP contribution in [0.25, 0.3) is 0 Å². The van der Waals surface area contributed by atoms with Crippen molar-refractivity contribution in [1.29, 1.82) is 0 Å². The van der Waals surface area contributed by atoms with Crippen LogP contribution in [0.15, 0.2) is 0 Å². The van der Waals surface area contributed by atoms with Crippen LogP contribution in [0, 0.1) is 0 Å². The zero-order chi connectivity index (χ0) is 8.23. The molecule has 0 aromatic heterocycles. The monoisotopic (exact) mass is 170 g/mol. The summed E-state index contributed by atoms with van der Waals surface area (Å²) in [6.07, 6.45) is 9.50. The molecule has 0 radical (unpaired) electrons. The van der Waals surface area contributed by atoms with Gasteiger partial charge in [0.1, 0.15) is 0 Å². The van der Waals surface area contributed by atoms with E-state index in [1.165, 1.54) is 38.5 Å². The van der Waals surface area contributed by atoms with Crippen molar-refractivity contribution in [3.05, 3.63) is 0 Å². The largest absolute Gasteiger partial charge is 0.353 e. The summed E-state index contributed by atoms with van der Waals surface area (Å²) >= 11 is 0.